The minimum Gasteiger partial charge on any atom is -0.611 e. The number of hydrogen-bond donors (Lipinski definition) is 2. The summed E-state index contributed by atoms with van der Waals surface area (Å²) in [6.07, 6.45) is -5.12. The Kier molecular flexibility index (Phi) is 6.41. The van der Waals surface area contributed by atoms with Crippen molar-refractivity contribution in [2.75, 3.05) is 11.1 Å². The van der Waals surface area contributed by atoms with Crippen LogP contribution in [0.15, 0.2) is 17.0 Å². The Morgan fingerprint density at radius 2 is 2.05 bits per heavy atom. The van der Waals surface area contributed by atoms with E-state index in [9.17, 15) is 27.6 Å². The zero-order chi connectivity index (χ0) is 17.3. The van der Waals surface area contributed by atoms with E-state index < -0.39 is 28.9 Å². The van der Waals surface area contributed by atoms with Gasteiger partial charge in [-0.05, 0) is 59.7 Å². The summed E-state index contributed by atoms with van der Waals surface area (Å²) >= 11 is 6.48. The van der Waals surface area contributed by atoms with Crippen molar-refractivity contribution < 1.29 is 27.6 Å². The van der Waals surface area contributed by atoms with Crippen molar-refractivity contribution in [3.8, 4) is 0 Å². The van der Waals surface area contributed by atoms with Crippen LogP contribution in [0.25, 0.3) is 0 Å². The number of rotatable bonds is 4. The van der Waals surface area contributed by atoms with E-state index in [1.54, 1.807) is 29.5 Å². The molecule has 0 aliphatic heterocycles. The first kappa shape index (κ1) is 19.8. The van der Waals surface area contributed by atoms with E-state index in [0.717, 1.165) is 0 Å². The minimum absolute atomic E-state index is 0.0359. The van der Waals surface area contributed by atoms with E-state index in [0.29, 0.717) is 21.1 Å². The predicted molar refractivity (Wildman–Crippen MR) is 86.4 cm³/mol. The van der Waals surface area contributed by atoms with Gasteiger partial charge in [-0.25, -0.2) is 0 Å². The molecule has 0 aliphatic rings. The number of amides is 1. The second-order valence-electron chi connectivity index (χ2n) is 4.40. The van der Waals surface area contributed by atoms with Crippen molar-refractivity contribution in [2.45, 2.75) is 30.5 Å². The highest BCUT2D eigenvalue weighted by atomic mass is 127. The molecular formula is C12H12ClF3INO3S. The predicted octanol–water partition coefficient (Wildman–Crippen LogP) is 3.32. The molecule has 0 aliphatic carbocycles. The summed E-state index contributed by atoms with van der Waals surface area (Å²) in [5.41, 5.74) is -3.65. The normalized spacial score (nSPS) is 16.0. The number of aliphatic hydroxyl groups is 1. The van der Waals surface area contributed by atoms with Gasteiger partial charge in [0.15, 0.2) is 4.90 Å². The van der Waals surface area contributed by atoms with Gasteiger partial charge in [-0.2, -0.15) is 13.2 Å². The number of halogens is 5. The van der Waals surface area contributed by atoms with Crippen molar-refractivity contribution in [2.24, 2.45) is 0 Å². The minimum atomic E-state index is -5.12. The lowest BCUT2D eigenvalue weighted by Gasteiger charge is -2.25. The van der Waals surface area contributed by atoms with E-state index >= 15 is 0 Å². The molecule has 1 unspecified atom stereocenters. The number of carbonyl (C=O) groups excluding carboxylic acids is 1. The average molecular weight is 470 g/mol. The van der Waals surface area contributed by atoms with Crippen molar-refractivity contribution in [1.82, 2.24) is 0 Å². The summed E-state index contributed by atoms with van der Waals surface area (Å²) in [7, 11) is 0. The lowest BCUT2D eigenvalue weighted by molar-refractivity contribution is -0.242. The SMILES string of the molecule is CC[S+]([O-])c1ccc(NC(=O)[C@@](C)(O)C(F)(F)F)c(Cl)c1I. The second-order valence-corrected chi connectivity index (χ2v) is 7.56. The molecule has 0 aromatic heterocycles. The standard InChI is InChI=1S/C12H12ClF3INO3S/c1-3-22(21)7-5-4-6(8(13)9(7)17)18-10(19)11(2,20)12(14,15)16/h4-5,20H,3H2,1-2H3,(H,18,19)/t11-,22?/m1/s1. The van der Waals surface area contributed by atoms with E-state index in [-0.39, 0.29) is 10.7 Å². The zero-order valence-corrected chi connectivity index (χ0v) is 15.2. The van der Waals surface area contributed by atoms with Gasteiger partial charge in [0.25, 0.3) is 5.91 Å². The fraction of sp³-hybridized carbons (Fsp3) is 0.417. The molecular weight excluding hydrogens is 458 g/mol. The van der Waals surface area contributed by atoms with Gasteiger partial charge in [0.05, 0.1) is 14.3 Å². The molecule has 1 aromatic rings. The quantitative estimate of drug-likeness (QED) is 0.525. The van der Waals surface area contributed by atoms with Crippen molar-refractivity contribution in [3.63, 3.8) is 0 Å². The lowest BCUT2D eigenvalue weighted by Crippen LogP contribution is -2.52. The molecule has 1 rings (SSSR count). The first-order valence-corrected chi connectivity index (χ1v) is 8.68. The Balaban J connectivity index is 3.11. The molecule has 124 valence electrons. The van der Waals surface area contributed by atoms with Crippen LogP contribution in [0.2, 0.25) is 5.02 Å². The number of benzene rings is 1. The van der Waals surface area contributed by atoms with Crippen molar-refractivity contribution >= 4 is 57.0 Å². The molecule has 0 heterocycles. The first-order chi connectivity index (χ1) is 9.93. The van der Waals surface area contributed by atoms with E-state index in [4.69, 9.17) is 11.6 Å². The van der Waals surface area contributed by atoms with Crippen LogP contribution in [-0.2, 0) is 16.0 Å². The Labute approximate surface area is 146 Å². The highest BCUT2D eigenvalue weighted by Gasteiger charge is 2.55. The third kappa shape index (κ3) is 3.99. The lowest BCUT2D eigenvalue weighted by atomic mass is 10.1. The summed E-state index contributed by atoms with van der Waals surface area (Å²) in [6.45, 7) is 2.05. The van der Waals surface area contributed by atoms with E-state index in [2.05, 4.69) is 0 Å². The van der Waals surface area contributed by atoms with Crippen LogP contribution in [-0.4, -0.2) is 33.1 Å². The van der Waals surface area contributed by atoms with Gasteiger partial charge in [-0.3, -0.25) is 4.79 Å². The fourth-order valence-corrected chi connectivity index (χ4v) is 3.64. The molecule has 0 spiro atoms. The fourth-order valence-electron chi connectivity index (χ4n) is 1.33. The van der Waals surface area contributed by atoms with Crippen LogP contribution in [0.3, 0.4) is 0 Å². The third-order valence-corrected chi connectivity index (χ3v) is 6.35. The number of anilines is 1. The van der Waals surface area contributed by atoms with Crippen LogP contribution in [0, 0.1) is 3.57 Å². The number of carbonyl (C=O) groups is 1. The molecule has 0 saturated carbocycles. The highest BCUT2D eigenvalue weighted by Crippen LogP contribution is 2.35. The van der Waals surface area contributed by atoms with Crippen LogP contribution in [0.4, 0.5) is 18.9 Å². The van der Waals surface area contributed by atoms with Crippen LogP contribution in [0.1, 0.15) is 13.8 Å². The number of hydrogen-bond acceptors (Lipinski definition) is 3. The monoisotopic (exact) mass is 469 g/mol. The molecule has 1 aromatic carbocycles. The molecule has 0 saturated heterocycles. The summed E-state index contributed by atoms with van der Waals surface area (Å²) in [5, 5.41) is 11.2. The molecule has 0 bridgehead atoms. The van der Waals surface area contributed by atoms with E-state index in [1.165, 1.54) is 12.1 Å². The topological polar surface area (TPSA) is 72.4 Å². The molecule has 4 nitrogen and oxygen atoms in total. The second kappa shape index (κ2) is 7.12. The van der Waals surface area contributed by atoms with Crippen molar-refractivity contribution in [3.05, 3.63) is 20.7 Å². The Morgan fingerprint density at radius 3 is 2.50 bits per heavy atom. The summed E-state index contributed by atoms with van der Waals surface area (Å²) < 4.78 is 49.9. The number of nitrogens with one attached hydrogen (secondary N) is 1. The smallest absolute Gasteiger partial charge is 0.426 e. The zero-order valence-electron chi connectivity index (χ0n) is 11.4. The molecule has 1 amide bonds. The summed E-state index contributed by atoms with van der Waals surface area (Å²) in [4.78, 5) is 12.0. The van der Waals surface area contributed by atoms with Gasteiger partial charge in [-0.15, -0.1) is 0 Å². The number of alkyl halides is 3. The van der Waals surface area contributed by atoms with Crippen LogP contribution >= 0.6 is 34.2 Å². The third-order valence-electron chi connectivity index (χ3n) is 2.80. The molecule has 0 radical (unpaired) electrons. The maximum atomic E-state index is 12.6. The Bertz CT molecular complexity index is 583. The van der Waals surface area contributed by atoms with Gasteiger partial charge < -0.3 is 15.0 Å². The Morgan fingerprint density at radius 1 is 1.50 bits per heavy atom. The largest absolute Gasteiger partial charge is 0.611 e. The first-order valence-electron chi connectivity index (χ1n) is 5.90. The molecule has 0 fully saturated rings. The molecule has 10 heteroatoms. The van der Waals surface area contributed by atoms with Crippen molar-refractivity contribution in [1.29, 1.82) is 0 Å². The summed E-state index contributed by atoms with van der Waals surface area (Å²) in [6, 6.07) is 2.66. The molecule has 22 heavy (non-hydrogen) atoms. The average Bonchev–Trinajstić information content (AvgIpc) is 2.41. The molecule has 2 N–H and O–H groups in total. The Hall–Kier alpha value is -0.230. The molecule has 2 atom stereocenters. The van der Waals surface area contributed by atoms with Gasteiger partial charge >= 0.3 is 6.18 Å². The maximum absolute atomic E-state index is 12.6. The van der Waals surface area contributed by atoms with Crippen LogP contribution < -0.4 is 5.32 Å². The van der Waals surface area contributed by atoms with E-state index in [1.807, 2.05) is 5.32 Å². The van der Waals surface area contributed by atoms with Crippen LogP contribution in [0.5, 0.6) is 0 Å². The summed E-state index contributed by atoms with van der Waals surface area (Å²) in [5.74, 6) is -1.30. The van der Waals surface area contributed by atoms with Gasteiger partial charge in [0.2, 0.25) is 5.60 Å². The highest BCUT2D eigenvalue weighted by molar-refractivity contribution is 14.1. The maximum Gasteiger partial charge on any atom is 0.426 e. The van der Waals surface area contributed by atoms with Gasteiger partial charge in [0, 0.05) is 0 Å². The van der Waals surface area contributed by atoms with Gasteiger partial charge in [-0.1, -0.05) is 11.6 Å². The van der Waals surface area contributed by atoms with Gasteiger partial charge in [0.1, 0.15) is 5.75 Å².